The molecule has 0 spiro atoms. The zero-order valence-electron chi connectivity index (χ0n) is 12.5. The van der Waals surface area contributed by atoms with Crippen LogP contribution in [0.15, 0.2) is 24.3 Å². The molecule has 1 aromatic carbocycles. The number of carbonyl (C=O) groups is 2. The minimum atomic E-state index is -0.110. The highest BCUT2D eigenvalue weighted by Crippen LogP contribution is 2.17. The van der Waals surface area contributed by atoms with Crippen LogP contribution in [0.4, 0.5) is 5.69 Å². The summed E-state index contributed by atoms with van der Waals surface area (Å²) in [5.41, 5.74) is 1.70. The number of anilines is 1. The maximum Gasteiger partial charge on any atom is 0.224 e. The van der Waals surface area contributed by atoms with E-state index in [0.717, 1.165) is 11.3 Å². The Labute approximate surface area is 120 Å². The van der Waals surface area contributed by atoms with Gasteiger partial charge in [0.15, 0.2) is 0 Å². The van der Waals surface area contributed by atoms with Gasteiger partial charge in [-0.25, -0.2) is 0 Å². The normalized spacial score (nSPS) is 13.4. The Kier molecular flexibility index (Phi) is 6.18. The fourth-order valence-corrected chi connectivity index (χ4v) is 1.93. The quantitative estimate of drug-likeness (QED) is 0.741. The third kappa shape index (κ3) is 5.01. The molecule has 0 aliphatic carbocycles. The van der Waals surface area contributed by atoms with Gasteiger partial charge in [0.25, 0.3) is 0 Å². The van der Waals surface area contributed by atoms with Crippen LogP contribution in [0.5, 0.6) is 0 Å². The molecule has 3 N–H and O–H groups in total. The highest BCUT2D eigenvalue weighted by atomic mass is 16.2. The molecule has 0 aromatic heterocycles. The molecular formula is C15H23N3O2. The topological polar surface area (TPSA) is 70.2 Å². The summed E-state index contributed by atoms with van der Waals surface area (Å²) in [7, 11) is 1.82. The van der Waals surface area contributed by atoms with Gasteiger partial charge in [-0.05, 0) is 31.7 Å². The molecule has 0 saturated carbocycles. The molecule has 5 heteroatoms. The van der Waals surface area contributed by atoms with Crippen LogP contribution in [0, 0.1) is 5.92 Å². The van der Waals surface area contributed by atoms with Crippen LogP contribution in [0.2, 0.25) is 0 Å². The molecule has 20 heavy (non-hydrogen) atoms. The molecule has 0 saturated heterocycles. The van der Waals surface area contributed by atoms with Crippen LogP contribution in [-0.4, -0.2) is 25.4 Å². The van der Waals surface area contributed by atoms with Gasteiger partial charge in [-0.3, -0.25) is 9.59 Å². The van der Waals surface area contributed by atoms with Crippen LogP contribution in [-0.2, 0) is 9.59 Å². The molecule has 0 aliphatic heterocycles. The summed E-state index contributed by atoms with van der Waals surface area (Å²) in [6.45, 7) is 5.92. The van der Waals surface area contributed by atoms with Crippen molar-refractivity contribution < 1.29 is 9.59 Å². The van der Waals surface area contributed by atoms with Crippen molar-refractivity contribution in [3.63, 3.8) is 0 Å². The zero-order valence-corrected chi connectivity index (χ0v) is 12.5. The van der Waals surface area contributed by atoms with Gasteiger partial charge < -0.3 is 16.0 Å². The molecule has 110 valence electrons. The molecule has 0 bridgehead atoms. The lowest BCUT2D eigenvalue weighted by molar-refractivity contribution is -0.125. The minimum absolute atomic E-state index is 0.0109. The van der Waals surface area contributed by atoms with Gasteiger partial charge in [-0.2, -0.15) is 0 Å². The van der Waals surface area contributed by atoms with Gasteiger partial charge >= 0.3 is 0 Å². The molecule has 2 unspecified atom stereocenters. The van der Waals surface area contributed by atoms with E-state index in [2.05, 4.69) is 16.0 Å². The van der Waals surface area contributed by atoms with E-state index in [9.17, 15) is 9.59 Å². The lowest BCUT2D eigenvalue weighted by Gasteiger charge is -2.18. The highest BCUT2D eigenvalue weighted by Gasteiger charge is 2.15. The molecule has 0 heterocycles. The van der Waals surface area contributed by atoms with Crippen molar-refractivity contribution >= 4 is 17.5 Å². The fourth-order valence-electron chi connectivity index (χ4n) is 1.93. The average Bonchev–Trinajstić information content (AvgIpc) is 2.38. The van der Waals surface area contributed by atoms with E-state index in [-0.39, 0.29) is 23.8 Å². The summed E-state index contributed by atoms with van der Waals surface area (Å²) in [6, 6.07) is 7.38. The molecule has 0 fully saturated rings. The van der Waals surface area contributed by atoms with Crippen molar-refractivity contribution in [1.29, 1.82) is 0 Å². The standard InChI is InChI=1S/C15H23N3O2/c1-10(9-16-4)15(20)17-11(2)13-6-5-7-14(8-13)18-12(3)19/h5-8,10-11,16H,9H2,1-4H3,(H,17,20)(H,18,19). The van der Waals surface area contributed by atoms with Crippen molar-refractivity contribution in [2.75, 3.05) is 18.9 Å². The lowest BCUT2D eigenvalue weighted by atomic mass is 10.1. The molecule has 2 amide bonds. The Morgan fingerprint density at radius 3 is 2.55 bits per heavy atom. The number of benzene rings is 1. The fraction of sp³-hybridized carbons (Fsp3) is 0.467. The first-order chi connectivity index (χ1) is 9.43. The summed E-state index contributed by atoms with van der Waals surface area (Å²) in [5.74, 6) is -0.181. The second-order valence-corrected chi connectivity index (χ2v) is 5.00. The summed E-state index contributed by atoms with van der Waals surface area (Å²) < 4.78 is 0. The van der Waals surface area contributed by atoms with Crippen LogP contribution < -0.4 is 16.0 Å². The van der Waals surface area contributed by atoms with Crippen molar-refractivity contribution in [1.82, 2.24) is 10.6 Å². The van der Waals surface area contributed by atoms with Crippen molar-refractivity contribution in [3.8, 4) is 0 Å². The van der Waals surface area contributed by atoms with Crippen LogP contribution in [0.25, 0.3) is 0 Å². The summed E-state index contributed by atoms with van der Waals surface area (Å²) in [4.78, 5) is 23.0. The van der Waals surface area contributed by atoms with Crippen molar-refractivity contribution in [2.24, 2.45) is 5.92 Å². The number of hydrogen-bond donors (Lipinski definition) is 3. The Morgan fingerprint density at radius 1 is 1.25 bits per heavy atom. The van der Waals surface area contributed by atoms with E-state index < -0.39 is 0 Å². The predicted octanol–water partition coefficient (Wildman–Crippen LogP) is 1.68. The third-order valence-electron chi connectivity index (χ3n) is 3.02. The Balaban J connectivity index is 2.69. The molecular weight excluding hydrogens is 254 g/mol. The van der Waals surface area contributed by atoms with Crippen LogP contribution >= 0.6 is 0 Å². The van der Waals surface area contributed by atoms with E-state index in [1.807, 2.05) is 45.2 Å². The van der Waals surface area contributed by atoms with Gasteiger partial charge in [0.2, 0.25) is 11.8 Å². The molecule has 1 rings (SSSR count). The van der Waals surface area contributed by atoms with Crippen molar-refractivity contribution in [3.05, 3.63) is 29.8 Å². The number of nitrogens with one attached hydrogen (secondary N) is 3. The second kappa shape index (κ2) is 7.65. The smallest absolute Gasteiger partial charge is 0.224 e. The first-order valence-electron chi connectivity index (χ1n) is 6.76. The van der Waals surface area contributed by atoms with Gasteiger partial charge in [0.05, 0.1) is 6.04 Å². The maximum absolute atomic E-state index is 12.0. The molecule has 5 nitrogen and oxygen atoms in total. The highest BCUT2D eigenvalue weighted by molar-refractivity contribution is 5.88. The first-order valence-corrected chi connectivity index (χ1v) is 6.76. The van der Waals surface area contributed by atoms with E-state index in [1.165, 1.54) is 6.92 Å². The molecule has 2 atom stereocenters. The van der Waals surface area contributed by atoms with E-state index in [1.54, 1.807) is 0 Å². The van der Waals surface area contributed by atoms with Gasteiger partial charge in [0.1, 0.15) is 0 Å². The lowest BCUT2D eigenvalue weighted by Crippen LogP contribution is -2.35. The monoisotopic (exact) mass is 277 g/mol. The Hall–Kier alpha value is -1.88. The first kappa shape index (κ1) is 16.2. The maximum atomic E-state index is 12.0. The number of carbonyl (C=O) groups excluding carboxylic acids is 2. The van der Waals surface area contributed by atoms with Gasteiger partial charge in [-0.15, -0.1) is 0 Å². The van der Waals surface area contributed by atoms with Gasteiger partial charge in [-0.1, -0.05) is 19.1 Å². The summed E-state index contributed by atoms with van der Waals surface area (Å²) >= 11 is 0. The van der Waals surface area contributed by atoms with E-state index in [0.29, 0.717) is 6.54 Å². The SMILES string of the molecule is CNCC(C)C(=O)NC(C)c1cccc(NC(C)=O)c1. The number of hydrogen-bond acceptors (Lipinski definition) is 3. The van der Waals surface area contributed by atoms with Crippen LogP contribution in [0.3, 0.4) is 0 Å². The number of rotatable bonds is 6. The predicted molar refractivity (Wildman–Crippen MR) is 80.4 cm³/mol. The molecule has 1 aromatic rings. The number of amides is 2. The Morgan fingerprint density at radius 2 is 1.95 bits per heavy atom. The average molecular weight is 277 g/mol. The largest absolute Gasteiger partial charge is 0.349 e. The summed E-state index contributed by atoms with van der Waals surface area (Å²) in [5, 5.41) is 8.69. The van der Waals surface area contributed by atoms with E-state index >= 15 is 0 Å². The zero-order chi connectivity index (χ0) is 15.1. The molecule has 0 radical (unpaired) electrons. The Bertz CT molecular complexity index is 474. The second-order valence-electron chi connectivity index (χ2n) is 5.00. The van der Waals surface area contributed by atoms with Gasteiger partial charge in [0, 0.05) is 25.1 Å². The van der Waals surface area contributed by atoms with Crippen molar-refractivity contribution in [2.45, 2.75) is 26.8 Å². The van der Waals surface area contributed by atoms with E-state index in [4.69, 9.17) is 0 Å². The third-order valence-corrected chi connectivity index (χ3v) is 3.02. The molecule has 0 aliphatic rings. The summed E-state index contributed by atoms with van der Waals surface area (Å²) in [6.07, 6.45) is 0. The van der Waals surface area contributed by atoms with Crippen LogP contribution in [0.1, 0.15) is 32.4 Å². The minimum Gasteiger partial charge on any atom is -0.349 e.